The Morgan fingerprint density at radius 2 is 1.82 bits per heavy atom. The largest absolute Gasteiger partial charge is 0.352 e. The number of aromatic nitrogens is 1. The van der Waals surface area contributed by atoms with E-state index in [1.807, 2.05) is 49.4 Å². The molecule has 6 heteroatoms. The van der Waals surface area contributed by atoms with Crippen molar-refractivity contribution < 1.29 is 14.1 Å². The molecule has 0 atom stereocenters. The molecule has 28 heavy (non-hydrogen) atoms. The van der Waals surface area contributed by atoms with Gasteiger partial charge in [0, 0.05) is 30.2 Å². The van der Waals surface area contributed by atoms with Crippen molar-refractivity contribution in [3.63, 3.8) is 0 Å². The summed E-state index contributed by atoms with van der Waals surface area (Å²) in [5, 5.41) is 9.41. The maximum absolute atomic E-state index is 12.1. The van der Waals surface area contributed by atoms with Gasteiger partial charge in [0.05, 0.1) is 0 Å². The van der Waals surface area contributed by atoms with Gasteiger partial charge in [-0.2, -0.15) is 0 Å². The predicted octanol–water partition coefficient (Wildman–Crippen LogP) is 3.97. The van der Waals surface area contributed by atoms with E-state index in [1.165, 1.54) is 5.56 Å². The highest BCUT2D eigenvalue weighted by Gasteiger charge is 2.11. The first-order valence-electron chi connectivity index (χ1n) is 9.26. The van der Waals surface area contributed by atoms with Crippen LogP contribution in [0.25, 0.3) is 11.3 Å². The van der Waals surface area contributed by atoms with Crippen molar-refractivity contribution in [3.8, 4) is 11.3 Å². The number of hydrogen-bond acceptors (Lipinski definition) is 4. The van der Waals surface area contributed by atoms with Crippen LogP contribution in [0.1, 0.15) is 34.8 Å². The number of anilines is 1. The third-order valence-electron chi connectivity index (χ3n) is 4.46. The topological polar surface area (TPSA) is 84.2 Å². The van der Waals surface area contributed by atoms with Gasteiger partial charge in [0.15, 0.2) is 0 Å². The lowest BCUT2D eigenvalue weighted by Crippen LogP contribution is -2.28. The molecule has 0 saturated heterocycles. The summed E-state index contributed by atoms with van der Waals surface area (Å²) in [6, 6.07) is 17.0. The van der Waals surface area contributed by atoms with Crippen LogP contribution < -0.4 is 10.6 Å². The van der Waals surface area contributed by atoms with Crippen molar-refractivity contribution in [1.82, 2.24) is 10.5 Å². The first kappa shape index (κ1) is 19.4. The van der Waals surface area contributed by atoms with E-state index in [2.05, 4.69) is 22.7 Å². The van der Waals surface area contributed by atoms with E-state index in [0.29, 0.717) is 11.3 Å². The lowest BCUT2D eigenvalue weighted by molar-refractivity contribution is -0.116. The van der Waals surface area contributed by atoms with Crippen molar-refractivity contribution in [2.45, 2.75) is 26.7 Å². The summed E-state index contributed by atoms with van der Waals surface area (Å²) in [5.74, 6) is -0.165. The molecular weight excluding hydrogens is 354 g/mol. The second-order valence-corrected chi connectivity index (χ2v) is 6.50. The van der Waals surface area contributed by atoms with Crippen LogP contribution in [-0.2, 0) is 11.2 Å². The summed E-state index contributed by atoms with van der Waals surface area (Å²) in [6.07, 6.45) is 1.11. The van der Waals surface area contributed by atoms with Crippen LogP contribution in [0.5, 0.6) is 0 Å². The smallest absolute Gasteiger partial charge is 0.251 e. The molecule has 0 radical (unpaired) electrons. The van der Waals surface area contributed by atoms with Crippen molar-refractivity contribution in [2.75, 3.05) is 11.9 Å². The molecule has 0 spiro atoms. The molecule has 0 saturated carbocycles. The van der Waals surface area contributed by atoms with Gasteiger partial charge in [-0.1, -0.05) is 54.5 Å². The Kier molecular flexibility index (Phi) is 6.22. The second kappa shape index (κ2) is 8.99. The molecule has 6 nitrogen and oxygen atoms in total. The molecule has 0 aliphatic rings. The SMILES string of the molecule is CCc1ccc(-c2cc(NC(=O)CCNC(=O)c3ccccc3C)on2)cc1. The third-order valence-corrected chi connectivity index (χ3v) is 4.46. The zero-order valence-electron chi connectivity index (χ0n) is 16.0. The summed E-state index contributed by atoms with van der Waals surface area (Å²) in [5.41, 5.74) is 4.33. The van der Waals surface area contributed by atoms with Crippen molar-refractivity contribution in [3.05, 3.63) is 71.3 Å². The molecule has 144 valence electrons. The number of amides is 2. The molecule has 0 aliphatic heterocycles. The first-order valence-corrected chi connectivity index (χ1v) is 9.26. The predicted molar refractivity (Wildman–Crippen MR) is 108 cm³/mol. The molecule has 1 heterocycles. The average molecular weight is 377 g/mol. The third kappa shape index (κ3) is 4.85. The average Bonchev–Trinajstić information content (AvgIpc) is 3.16. The van der Waals surface area contributed by atoms with E-state index in [1.54, 1.807) is 12.1 Å². The summed E-state index contributed by atoms with van der Waals surface area (Å²) >= 11 is 0. The quantitative estimate of drug-likeness (QED) is 0.652. The van der Waals surface area contributed by atoms with Gasteiger partial charge in [-0.3, -0.25) is 14.9 Å². The van der Waals surface area contributed by atoms with E-state index < -0.39 is 0 Å². The standard InChI is InChI=1S/C22H23N3O3/c1-3-16-8-10-17(11-9-16)19-14-21(28-25-19)24-20(26)12-13-23-22(27)18-7-5-4-6-15(18)2/h4-11,14H,3,12-13H2,1-2H3,(H,23,27)(H,24,26). The summed E-state index contributed by atoms with van der Waals surface area (Å²) in [7, 11) is 0. The minimum Gasteiger partial charge on any atom is -0.352 e. The molecule has 2 aromatic carbocycles. The van der Waals surface area contributed by atoms with E-state index >= 15 is 0 Å². The number of rotatable bonds is 7. The van der Waals surface area contributed by atoms with Crippen LogP contribution in [-0.4, -0.2) is 23.5 Å². The fraction of sp³-hybridized carbons (Fsp3) is 0.227. The molecule has 0 fully saturated rings. The fourth-order valence-electron chi connectivity index (χ4n) is 2.79. The van der Waals surface area contributed by atoms with Gasteiger partial charge < -0.3 is 9.84 Å². The number of benzene rings is 2. The highest BCUT2D eigenvalue weighted by atomic mass is 16.5. The normalized spacial score (nSPS) is 10.5. The number of carbonyl (C=O) groups excluding carboxylic acids is 2. The van der Waals surface area contributed by atoms with Crippen molar-refractivity contribution in [1.29, 1.82) is 0 Å². The number of nitrogens with zero attached hydrogens (tertiary/aromatic N) is 1. The van der Waals surface area contributed by atoms with Gasteiger partial charge in [-0.25, -0.2) is 0 Å². The van der Waals surface area contributed by atoms with Crippen LogP contribution in [0, 0.1) is 6.92 Å². The molecule has 0 aliphatic carbocycles. The van der Waals surface area contributed by atoms with Gasteiger partial charge in [-0.05, 0) is 30.5 Å². The number of hydrogen-bond donors (Lipinski definition) is 2. The molecule has 2 amide bonds. The number of aryl methyl sites for hydroxylation is 2. The van der Waals surface area contributed by atoms with E-state index in [-0.39, 0.29) is 30.7 Å². The Bertz CT molecular complexity index is 961. The van der Waals surface area contributed by atoms with Crippen LogP contribution in [0.4, 0.5) is 5.88 Å². The summed E-state index contributed by atoms with van der Waals surface area (Å²) in [6.45, 7) is 4.21. The zero-order valence-corrected chi connectivity index (χ0v) is 16.0. The number of carbonyl (C=O) groups is 2. The molecular formula is C22H23N3O3. The number of nitrogens with one attached hydrogen (secondary N) is 2. The second-order valence-electron chi connectivity index (χ2n) is 6.50. The zero-order chi connectivity index (χ0) is 19.9. The first-order chi connectivity index (χ1) is 13.6. The summed E-state index contributed by atoms with van der Waals surface area (Å²) < 4.78 is 5.19. The van der Waals surface area contributed by atoms with Crippen molar-refractivity contribution >= 4 is 17.7 Å². The van der Waals surface area contributed by atoms with Crippen molar-refractivity contribution in [2.24, 2.45) is 0 Å². The Balaban J connectivity index is 1.49. The molecule has 1 aromatic heterocycles. The van der Waals surface area contributed by atoms with Gasteiger partial charge in [0.25, 0.3) is 5.91 Å². The van der Waals surface area contributed by atoms with Crippen LogP contribution in [0.2, 0.25) is 0 Å². The van der Waals surface area contributed by atoms with Gasteiger partial charge >= 0.3 is 0 Å². The molecule has 2 N–H and O–H groups in total. The monoisotopic (exact) mass is 377 g/mol. The maximum atomic E-state index is 12.1. The fourth-order valence-corrected chi connectivity index (χ4v) is 2.79. The summed E-state index contributed by atoms with van der Waals surface area (Å²) in [4.78, 5) is 24.2. The van der Waals surface area contributed by atoms with E-state index in [4.69, 9.17) is 4.52 Å². The van der Waals surface area contributed by atoms with E-state index in [0.717, 1.165) is 17.5 Å². The Morgan fingerprint density at radius 3 is 2.54 bits per heavy atom. The van der Waals surface area contributed by atoms with Crippen LogP contribution in [0.15, 0.2) is 59.1 Å². The van der Waals surface area contributed by atoms with Crippen LogP contribution in [0.3, 0.4) is 0 Å². The van der Waals surface area contributed by atoms with Gasteiger partial charge in [-0.15, -0.1) is 0 Å². The molecule has 0 unspecified atom stereocenters. The Morgan fingerprint density at radius 1 is 1.07 bits per heavy atom. The van der Waals surface area contributed by atoms with Gasteiger partial charge in [0.2, 0.25) is 11.8 Å². The van der Waals surface area contributed by atoms with E-state index in [9.17, 15) is 9.59 Å². The molecule has 0 bridgehead atoms. The minimum atomic E-state index is -0.255. The molecule has 3 rings (SSSR count). The van der Waals surface area contributed by atoms with Gasteiger partial charge in [0.1, 0.15) is 5.69 Å². The Hall–Kier alpha value is -3.41. The maximum Gasteiger partial charge on any atom is 0.251 e. The Labute approximate surface area is 163 Å². The highest BCUT2D eigenvalue weighted by molar-refractivity contribution is 5.96. The lowest BCUT2D eigenvalue weighted by Gasteiger charge is -2.07. The highest BCUT2D eigenvalue weighted by Crippen LogP contribution is 2.22. The lowest BCUT2D eigenvalue weighted by atomic mass is 10.1. The molecule has 3 aromatic rings. The minimum absolute atomic E-state index is 0.138. The van der Waals surface area contributed by atoms with Crippen LogP contribution >= 0.6 is 0 Å².